The number of carbonyl (C=O) groups excluding carboxylic acids is 1. The second-order valence-corrected chi connectivity index (χ2v) is 7.60. The lowest BCUT2D eigenvalue weighted by Gasteiger charge is -2.23. The second kappa shape index (κ2) is 8.09. The zero-order chi connectivity index (χ0) is 18.6. The minimum atomic E-state index is 0.00756. The topological polar surface area (TPSA) is 47.6 Å². The first kappa shape index (κ1) is 18.0. The molecule has 0 aromatic heterocycles. The predicted octanol–water partition coefficient (Wildman–Crippen LogP) is 4.08. The third-order valence-electron chi connectivity index (χ3n) is 4.80. The molecule has 4 nitrogen and oxygen atoms in total. The lowest BCUT2D eigenvalue weighted by molar-refractivity contribution is 0.104. The van der Waals surface area contributed by atoms with E-state index in [2.05, 4.69) is 17.6 Å². The molecule has 0 fully saturated rings. The molecule has 2 aliphatic rings. The number of allylic oxidation sites excluding steroid dienone is 1. The summed E-state index contributed by atoms with van der Waals surface area (Å²) in [6.45, 7) is 2.13. The van der Waals surface area contributed by atoms with Gasteiger partial charge in [0.25, 0.3) is 0 Å². The summed E-state index contributed by atoms with van der Waals surface area (Å²) in [6, 6.07) is 11.9. The number of fused-ring (bicyclic) bond motifs is 2. The molecule has 0 saturated heterocycles. The van der Waals surface area contributed by atoms with Crippen molar-refractivity contribution < 1.29 is 14.3 Å². The highest BCUT2D eigenvalue weighted by atomic mass is 32.2. The lowest BCUT2D eigenvalue weighted by Crippen LogP contribution is -2.23. The summed E-state index contributed by atoms with van der Waals surface area (Å²) in [4.78, 5) is 12.8. The SMILES string of the molecule is CSCc1ccc(C(=O)C=C2NCCc3cc4c(cc32)OCCCO4)cc1. The van der Waals surface area contributed by atoms with Gasteiger partial charge in [0.05, 0.1) is 13.2 Å². The smallest absolute Gasteiger partial charge is 0.187 e. The predicted molar refractivity (Wildman–Crippen MR) is 110 cm³/mol. The van der Waals surface area contributed by atoms with Crippen molar-refractivity contribution in [2.45, 2.75) is 18.6 Å². The monoisotopic (exact) mass is 381 g/mol. The molecule has 2 aromatic carbocycles. The van der Waals surface area contributed by atoms with Crippen molar-refractivity contribution in [1.29, 1.82) is 0 Å². The molecule has 2 aromatic rings. The Hall–Kier alpha value is -2.40. The first-order valence-corrected chi connectivity index (χ1v) is 10.6. The Bertz CT molecular complexity index is 874. The molecule has 140 valence electrons. The number of thioether (sulfide) groups is 1. The van der Waals surface area contributed by atoms with Gasteiger partial charge < -0.3 is 14.8 Å². The normalized spacial score (nSPS) is 17.0. The molecule has 0 unspecified atom stereocenters. The van der Waals surface area contributed by atoms with Crippen LogP contribution in [0.25, 0.3) is 5.70 Å². The molecule has 0 radical (unpaired) electrons. The largest absolute Gasteiger partial charge is 0.490 e. The van der Waals surface area contributed by atoms with Crippen molar-refractivity contribution in [2.75, 3.05) is 26.0 Å². The van der Waals surface area contributed by atoms with E-state index >= 15 is 0 Å². The van der Waals surface area contributed by atoms with Gasteiger partial charge in [-0.3, -0.25) is 4.79 Å². The van der Waals surface area contributed by atoms with Crippen LogP contribution in [0, 0.1) is 0 Å². The Morgan fingerprint density at radius 2 is 1.89 bits per heavy atom. The van der Waals surface area contributed by atoms with E-state index in [1.54, 1.807) is 17.8 Å². The van der Waals surface area contributed by atoms with Gasteiger partial charge in [0.2, 0.25) is 0 Å². The highest BCUT2D eigenvalue weighted by Gasteiger charge is 2.20. The highest BCUT2D eigenvalue weighted by molar-refractivity contribution is 7.97. The minimum Gasteiger partial charge on any atom is -0.490 e. The third-order valence-corrected chi connectivity index (χ3v) is 5.42. The second-order valence-electron chi connectivity index (χ2n) is 6.74. The molecule has 0 amide bonds. The third kappa shape index (κ3) is 3.98. The van der Waals surface area contributed by atoms with Crippen LogP contribution in [0.2, 0.25) is 0 Å². The number of hydrogen-bond acceptors (Lipinski definition) is 5. The zero-order valence-corrected chi connectivity index (χ0v) is 16.2. The van der Waals surface area contributed by atoms with Gasteiger partial charge in [-0.1, -0.05) is 24.3 Å². The van der Waals surface area contributed by atoms with E-state index in [1.807, 2.05) is 30.3 Å². The molecule has 27 heavy (non-hydrogen) atoms. The summed E-state index contributed by atoms with van der Waals surface area (Å²) in [5.74, 6) is 2.53. The van der Waals surface area contributed by atoms with E-state index in [9.17, 15) is 4.79 Å². The minimum absolute atomic E-state index is 0.00756. The van der Waals surface area contributed by atoms with Gasteiger partial charge in [0, 0.05) is 41.6 Å². The molecule has 4 rings (SSSR count). The maximum absolute atomic E-state index is 12.8. The van der Waals surface area contributed by atoms with Crippen molar-refractivity contribution in [3.05, 3.63) is 64.7 Å². The average Bonchev–Trinajstić information content (AvgIpc) is 2.92. The van der Waals surface area contributed by atoms with Crippen LogP contribution in [0.4, 0.5) is 0 Å². The molecule has 2 heterocycles. The maximum atomic E-state index is 12.8. The highest BCUT2D eigenvalue weighted by Crippen LogP contribution is 2.36. The summed E-state index contributed by atoms with van der Waals surface area (Å²) in [6.07, 6.45) is 5.56. The van der Waals surface area contributed by atoms with E-state index in [1.165, 1.54) is 11.1 Å². The Labute approximate surface area is 163 Å². The summed E-state index contributed by atoms with van der Waals surface area (Å²) < 4.78 is 11.6. The lowest BCUT2D eigenvalue weighted by atomic mass is 9.95. The molecule has 0 saturated carbocycles. The van der Waals surface area contributed by atoms with E-state index in [-0.39, 0.29) is 5.78 Å². The first-order valence-electron chi connectivity index (χ1n) is 9.25. The van der Waals surface area contributed by atoms with Crippen molar-refractivity contribution >= 4 is 23.2 Å². The standard InChI is InChI=1S/C22H23NO3S/c1-27-14-15-3-5-16(6-4-15)20(24)13-19-18-12-22-21(25-9-2-10-26-22)11-17(18)7-8-23-19/h3-6,11-13,23H,2,7-10,14H2,1H3. The molecule has 2 aliphatic heterocycles. The molecular weight excluding hydrogens is 358 g/mol. The van der Waals surface area contributed by atoms with Crippen LogP contribution in [-0.4, -0.2) is 31.8 Å². The summed E-state index contributed by atoms with van der Waals surface area (Å²) in [5.41, 5.74) is 5.00. The van der Waals surface area contributed by atoms with Crippen LogP contribution in [0.3, 0.4) is 0 Å². The van der Waals surface area contributed by atoms with Crippen LogP contribution < -0.4 is 14.8 Å². The van der Waals surface area contributed by atoms with Crippen LogP contribution in [0.5, 0.6) is 11.5 Å². The number of rotatable bonds is 4. The van der Waals surface area contributed by atoms with Gasteiger partial charge >= 0.3 is 0 Å². The summed E-state index contributed by atoms with van der Waals surface area (Å²) in [5, 5.41) is 3.37. The van der Waals surface area contributed by atoms with Gasteiger partial charge in [0.15, 0.2) is 17.3 Å². The van der Waals surface area contributed by atoms with E-state index in [0.29, 0.717) is 18.8 Å². The van der Waals surface area contributed by atoms with Gasteiger partial charge in [-0.2, -0.15) is 11.8 Å². The zero-order valence-electron chi connectivity index (χ0n) is 15.4. The van der Waals surface area contributed by atoms with Crippen molar-refractivity contribution in [3.8, 4) is 11.5 Å². The number of ether oxygens (including phenoxy) is 2. The van der Waals surface area contributed by atoms with Crippen LogP contribution in [-0.2, 0) is 12.2 Å². The fourth-order valence-corrected chi connectivity index (χ4v) is 3.94. The van der Waals surface area contributed by atoms with Gasteiger partial charge in [-0.05, 0) is 35.9 Å². The fraction of sp³-hybridized carbons (Fsp3) is 0.318. The van der Waals surface area contributed by atoms with Gasteiger partial charge in [-0.15, -0.1) is 0 Å². The molecule has 5 heteroatoms. The van der Waals surface area contributed by atoms with Crippen molar-refractivity contribution in [1.82, 2.24) is 5.32 Å². The Morgan fingerprint density at radius 1 is 1.15 bits per heavy atom. The molecular formula is C22H23NO3S. The summed E-state index contributed by atoms with van der Waals surface area (Å²) >= 11 is 1.77. The number of nitrogens with one attached hydrogen (secondary N) is 1. The fourth-order valence-electron chi connectivity index (χ4n) is 3.41. The maximum Gasteiger partial charge on any atom is 0.187 e. The van der Waals surface area contributed by atoms with Crippen LogP contribution in [0.1, 0.15) is 33.5 Å². The Kier molecular flexibility index (Phi) is 5.39. The van der Waals surface area contributed by atoms with Crippen LogP contribution in [0.15, 0.2) is 42.5 Å². The first-order chi connectivity index (χ1) is 13.2. The van der Waals surface area contributed by atoms with Crippen LogP contribution >= 0.6 is 11.8 Å². The molecule has 0 atom stereocenters. The van der Waals surface area contributed by atoms with E-state index in [4.69, 9.17) is 9.47 Å². The van der Waals surface area contributed by atoms with Crippen molar-refractivity contribution in [3.63, 3.8) is 0 Å². The Balaban J connectivity index is 1.63. The number of hydrogen-bond donors (Lipinski definition) is 1. The van der Waals surface area contributed by atoms with Gasteiger partial charge in [-0.25, -0.2) is 0 Å². The number of benzene rings is 2. The molecule has 0 aliphatic carbocycles. The van der Waals surface area contributed by atoms with Gasteiger partial charge in [0.1, 0.15) is 0 Å². The average molecular weight is 381 g/mol. The molecule has 0 bridgehead atoms. The summed E-state index contributed by atoms with van der Waals surface area (Å²) in [7, 11) is 0. The number of carbonyl (C=O) groups is 1. The van der Waals surface area contributed by atoms with Crippen molar-refractivity contribution in [2.24, 2.45) is 0 Å². The van der Waals surface area contributed by atoms with E-state index in [0.717, 1.165) is 47.9 Å². The quantitative estimate of drug-likeness (QED) is 0.639. The molecule has 0 spiro atoms. The van der Waals surface area contributed by atoms with E-state index < -0.39 is 0 Å². The number of ketones is 1. The Morgan fingerprint density at radius 3 is 2.63 bits per heavy atom. The molecule has 1 N–H and O–H groups in total.